The number of phosphoric ester groups is 1. The van der Waals surface area contributed by atoms with Crippen molar-refractivity contribution in [3.05, 3.63) is 97.2 Å². The Hall–Kier alpha value is -3.07. The Morgan fingerprint density at radius 2 is 0.950 bits per heavy atom. The van der Waals surface area contributed by atoms with Gasteiger partial charge in [-0.25, -0.2) is 0 Å². The van der Waals surface area contributed by atoms with Crippen LogP contribution in [0, 0.1) is 0 Å². The number of hydrogen-bond donors (Lipinski definition) is 0. The van der Waals surface area contributed by atoms with Gasteiger partial charge < -0.3 is 27.9 Å². The smallest absolute Gasteiger partial charge is 0.306 e. The van der Waals surface area contributed by atoms with Crippen LogP contribution in [0.2, 0.25) is 0 Å². The number of ether oxygens (including phenoxy) is 2. The van der Waals surface area contributed by atoms with Crippen LogP contribution in [0.3, 0.4) is 0 Å². The number of unbranched alkanes of at least 4 members (excludes halogenated alkanes) is 10. The number of allylic oxidation sites excluding steroid dienone is 16. The lowest BCUT2D eigenvalue weighted by molar-refractivity contribution is -0.870. The van der Waals surface area contributed by atoms with Gasteiger partial charge in [0.2, 0.25) is 0 Å². The van der Waals surface area contributed by atoms with Crippen LogP contribution in [-0.2, 0) is 32.7 Å². The zero-order valence-electron chi connectivity index (χ0n) is 38.4. The highest BCUT2D eigenvalue weighted by Crippen LogP contribution is 2.38. The van der Waals surface area contributed by atoms with Crippen molar-refractivity contribution in [1.82, 2.24) is 0 Å². The third kappa shape index (κ3) is 44.5. The van der Waals surface area contributed by atoms with Gasteiger partial charge in [0, 0.05) is 12.8 Å². The molecule has 0 aromatic heterocycles. The molecule has 9 nitrogen and oxygen atoms in total. The second kappa shape index (κ2) is 41.3. The third-order valence-electron chi connectivity index (χ3n) is 9.12. The molecule has 60 heavy (non-hydrogen) atoms. The molecule has 0 spiro atoms. The highest BCUT2D eigenvalue weighted by molar-refractivity contribution is 7.45. The monoisotopic (exact) mass is 858 g/mol. The molecule has 0 aliphatic carbocycles. The van der Waals surface area contributed by atoms with Crippen molar-refractivity contribution in [2.24, 2.45) is 0 Å². The normalized spacial score (nSPS) is 14.4. The lowest BCUT2D eigenvalue weighted by atomic mass is 10.1. The molecule has 0 fully saturated rings. The maximum Gasteiger partial charge on any atom is 0.306 e. The number of nitrogens with zero attached hydrogens (tertiary/aromatic N) is 1. The molecule has 2 unspecified atom stereocenters. The van der Waals surface area contributed by atoms with Crippen LogP contribution < -0.4 is 4.89 Å². The number of carbonyl (C=O) groups excluding carboxylic acids is 2. The Kier molecular flexibility index (Phi) is 39.2. The van der Waals surface area contributed by atoms with E-state index in [9.17, 15) is 19.0 Å². The molecule has 0 aromatic carbocycles. The average molecular weight is 858 g/mol. The van der Waals surface area contributed by atoms with Gasteiger partial charge in [0.15, 0.2) is 6.10 Å². The predicted molar refractivity (Wildman–Crippen MR) is 249 cm³/mol. The van der Waals surface area contributed by atoms with Gasteiger partial charge in [-0.05, 0) is 77.0 Å². The fourth-order valence-corrected chi connectivity index (χ4v) is 6.28. The molecule has 0 radical (unpaired) electrons. The van der Waals surface area contributed by atoms with Gasteiger partial charge >= 0.3 is 11.9 Å². The van der Waals surface area contributed by atoms with Gasteiger partial charge in [0.1, 0.15) is 19.8 Å². The summed E-state index contributed by atoms with van der Waals surface area (Å²) in [6, 6.07) is 0. The average Bonchev–Trinajstić information content (AvgIpc) is 3.20. The summed E-state index contributed by atoms with van der Waals surface area (Å²) in [5.74, 6) is -0.898. The number of hydrogen-bond acceptors (Lipinski definition) is 8. The minimum atomic E-state index is -4.64. The molecule has 0 aliphatic rings. The number of quaternary nitrogens is 1. The minimum Gasteiger partial charge on any atom is -0.756 e. The highest BCUT2D eigenvalue weighted by Gasteiger charge is 2.21. The zero-order valence-corrected chi connectivity index (χ0v) is 39.3. The summed E-state index contributed by atoms with van der Waals surface area (Å²) in [6.07, 6.45) is 54.5. The van der Waals surface area contributed by atoms with Crippen LogP contribution in [0.15, 0.2) is 97.2 Å². The molecule has 0 N–H and O–H groups in total. The molecule has 0 rings (SSSR count). The molecule has 0 saturated heterocycles. The van der Waals surface area contributed by atoms with E-state index in [0.29, 0.717) is 17.4 Å². The van der Waals surface area contributed by atoms with E-state index in [0.717, 1.165) is 83.5 Å². The fourth-order valence-electron chi connectivity index (χ4n) is 5.55. The first kappa shape index (κ1) is 56.9. The van der Waals surface area contributed by atoms with Crippen LogP contribution in [0.1, 0.15) is 155 Å². The quantitative estimate of drug-likeness (QED) is 0.0197. The standard InChI is InChI=1S/C50H84NO8P/c1-6-8-10-12-14-16-17-18-19-20-21-22-23-24-25-26-27-28-29-30-31-32-33-35-37-39-41-43-50(53)59-48(47-58-60(54,55)57-45-44-51(3,4)5)46-56-49(52)42-40-38-36-34-15-13-11-9-7-2/h8,10,14,16,18-19,21-22,24-25,27-28,30-31,33,35,48H,6-7,9,11-13,15,17,20,23,26,29,32,34,36-47H2,1-5H3/b10-8-,16-14-,19-18-,22-21-,25-24-,28-27-,31-30-,35-33-. The summed E-state index contributed by atoms with van der Waals surface area (Å²) >= 11 is 0. The zero-order chi connectivity index (χ0) is 44.3. The minimum absolute atomic E-state index is 0.0441. The molecule has 0 heterocycles. The van der Waals surface area contributed by atoms with Gasteiger partial charge in [-0.3, -0.25) is 14.2 Å². The lowest BCUT2D eigenvalue weighted by Crippen LogP contribution is -2.37. The van der Waals surface area contributed by atoms with Crippen molar-refractivity contribution in [2.45, 2.75) is 161 Å². The van der Waals surface area contributed by atoms with Crippen molar-refractivity contribution in [3.63, 3.8) is 0 Å². The van der Waals surface area contributed by atoms with E-state index in [4.69, 9.17) is 18.5 Å². The topological polar surface area (TPSA) is 111 Å². The number of esters is 2. The van der Waals surface area contributed by atoms with Gasteiger partial charge in [0.05, 0.1) is 27.7 Å². The van der Waals surface area contributed by atoms with Crippen LogP contribution in [0.25, 0.3) is 0 Å². The molecule has 0 saturated carbocycles. The van der Waals surface area contributed by atoms with E-state index in [1.165, 1.54) is 38.5 Å². The van der Waals surface area contributed by atoms with E-state index in [1.54, 1.807) is 0 Å². The van der Waals surface area contributed by atoms with Crippen molar-refractivity contribution < 1.29 is 42.1 Å². The molecular weight excluding hydrogens is 774 g/mol. The second-order valence-electron chi connectivity index (χ2n) is 16.0. The van der Waals surface area contributed by atoms with Crippen LogP contribution in [0.5, 0.6) is 0 Å². The Morgan fingerprint density at radius 1 is 0.533 bits per heavy atom. The summed E-state index contributed by atoms with van der Waals surface area (Å²) in [4.78, 5) is 37.4. The van der Waals surface area contributed by atoms with E-state index < -0.39 is 32.5 Å². The first-order chi connectivity index (χ1) is 29.0. The first-order valence-corrected chi connectivity index (χ1v) is 24.4. The number of carbonyl (C=O) groups is 2. The summed E-state index contributed by atoms with van der Waals surface area (Å²) in [5.41, 5.74) is 0. The van der Waals surface area contributed by atoms with Crippen LogP contribution in [-0.4, -0.2) is 70.0 Å². The Balaban J connectivity index is 4.36. The summed E-state index contributed by atoms with van der Waals surface area (Å²) in [7, 11) is 1.12. The SMILES string of the molecule is CC/C=C\C/C=C\C/C=C\C/C=C\C/C=C\C/C=C\C/C=C\C/C=C\CCCCC(=O)OC(COC(=O)CCCCCCCCCCC)COP(=O)([O-])OCC[N+](C)(C)C. The summed E-state index contributed by atoms with van der Waals surface area (Å²) < 4.78 is 33.8. The molecule has 342 valence electrons. The van der Waals surface area contributed by atoms with E-state index in [2.05, 4.69) is 111 Å². The van der Waals surface area contributed by atoms with Crippen molar-refractivity contribution in [1.29, 1.82) is 0 Å². The summed E-state index contributed by atoms with van der Waals surface area (Å²) in [6.45, 7) is 4.01. The summed E-state index contributed by atoms with van der Waals surface area (Å²) in [5, 5.41) is 0. The number of phosphoric acid groups is 1. The molecule has 0 aliphatic heterocycles. The van der Waals surface area contributed by atoms with Gasteiger partial charge in [-0.1, -0.05) is 162 Å². The molecule has 0 aromatic rings. The van der Waals surface area contributed by atoms with Crippen molar-refractivity contribution in [3.8, 4) is 0 Å². The number of rotatable bonds is 40. The lowest BCUT2D eigenvalue weighted by Gasteiger charge is -2.28. The number of likely N-dealkylation sites (N-methyl/N-ethyl adjacent to an activating group) is 1. The van der Waals surface area contributed by atoms with Gasteiger partial charge in [0.25, 0.3) is 7.82 Å². The second-order valence-corrected chi connectivity index (χ2v) is 17.4. The fraction of sp³-hybridized carbons (Fsp3) is 0.640. The van der Waals surface area contributed by atoms with E-state index in [1.807, 2.05) is 21.1 Å². The van der Waals surface area contributed by atoms with Gasteiger partial charge in [-0.2, -0.15) is 0 Å². The molecular formula is C50H84NO8P. The van der Waals surface area contributed by atoms with Crippen molar-refractivity contribution >= 4 is 19.8 Å². The molecule has 0 bridgehead atoms. The predicted octanol–water partition coefficient (Wildman–Crippen LogP) is 12.7. The maximum absolute atomic E-state index is 12.7. The first-order valence-electron chi connectivity index (χ1n) is 22.9. The third-order valence-corrected chi connectivity index (χ3v) is 10.1. The molecule has 0 amide bonds. The van der Waals surface area contributed by atoms with Crippen LogP contribution in [0.4, 0.5) is 0 Å². The Morgan fingerprint density at radius 3 is 1.42 bits per heavy atom. The highest BCUT2D eigenvalue weighted by atomic mass is 31.2. The Labute approximate surface area is 366 Å². The van der Waals surface area contributed by atoms with E-state index in [-0.39, 0.29) is 26.1 Å². The van der Waals surface area contributed by atoms with Crippen molar-refractivity contribution in [2.75, 3.05) is 47.5 Å². The van der Waals surface area contributed by atoms with Crippen LogP contribution >= 0.6 is 7.82 Å². The molecule has 2 atom stereocenters. The Bertz CT molecular complexity index is 1340. The largest absolute Gasteiger partial charge is 0.756 e. The maximum atomic E-state index is 12.7. The van der Waals surface area contributed by atoms with Gasteiger partial charge in [-0.15, -0.1) is 0 Å². The molecule has 10 heteroatoms. The van der Waals surface area contributed by atoms with E-state index >= 15 is 0 Å².